The van der Waals surface area contributed by atoms with Gasteiger partial charge in [-0.15, -0.1) is 11.3 Å². The molecular weight excluding hydrogens is 374 g/mol. The number of carbonyl (C=O) groups excluding carboxylic acids is 1. The van der Waals surface area contributed by atoms with E-state index < -0.39 is 0 Å². The van der Waals surface area contributed by atoms with Crippen LogP contribution in [0.2, 0.25) is 0 Å². The van der Waals surface area contributed by atoms with E-state index in [0.717, 1.165) is 15.7 Å². The molecule has 0 saturated heterocycles. The Labute approximate surface area is 146 Å². The molecule has 4 nitrogen and oxygen atoms in total. The highest BCUT2D eigenvalue weighted by Crippen LogP contribution is 2.20. The second kappa shape index (κ2) is 7.39. The van der Waals surface area contributed by atoms with E-state index in [2.05, 4.69) is 31.5 Å². The summed E-state index contributed by atoms with van der Waals surface area (Å²) >= 11 is 4.82. The van der Waals surface area contributed by atoms with Crippen molar-refractivity contribution in [3.8, 4) is 0 Å². The third kappa shape index (κ3) is 4.40. The van der Waals surface area contributed by atoms with Crippen LogP contribution in [0.3, 0.4) is 0 Å². The van der Waals surface area contributed by atoms with E-state index in [1.165, 1.54) is 11.3 Å². The smallest absolute Gasteiger partial charge is 0.271 e. The zero-order valence-electron chi connectivity index (χ0n) is 12.1. The molecular formula is C17H14BrN3OS. The number of halogens is 1. The molecule has 1 heterocycles. The second-order valence-electron chi connectivity index (χ2n) is 4.84. The summed E-state index contributed by atoms with van der Waals surface area (Å²) in [4.78, 5) is 16.5. The highest BCUT2D eigenvalue weighted by atomic mass is 79.9. The summed E-state index contributed by atoms with van der Waals surface area (Å²) in [7, 11) is 0. The van der Waals surface area contributed by atoms with Crippen molar-refractivity contribution in [1.82, 2.24) is 10.3 Å². The van der Waals surface area contributed by atoms with Gasteiger partial charge in [-0.2, -0.15) is 0 Å². The van der Waals surface area contributed by atoms with Crippen LogP contribution < -0.4 is 10.6 Å². The number of rotatable bonds is 5. The van der Waals surface area contributed by atoms with Crippen molar-refractivity contribution in [2.24, 2.45) is 0 Å². The van der Waals surface area contributed by atoms with Crippen molar-refractivity contribution < 1.29 is 4.79 Å². The lowest BCUT2D eigenvalue weighted by atomic mass is 10.2. The normalized spacial score (nSPS) is 10.3. The van der Waals surface area contributed by atoms with E-state index in [4.69, 9.17) is 0 Å². The fourth-order valence-electron chi connectivity index (χ4n) is 2.00. The average Bonchev–Trinajstić information content (AvgIpc) is 3.02. The quantitative estimate of drug-likeness (QED) is 0.673. The van der Waals surface area contributed by atoms with Crippen LogP contribution in [0.25, 0.3) is 0 Å². The van der Waals surface area contributed by atoms with Gasteiger partial charge in [0.1, 0.15) is 5.69 Å². The summed E-state index contributed by atoms with van der Waals surface area (Å²) < 4.78 is 0.993. The van der Waals surface area contributed by atoms with Gasteiger partial charge in [-0.1, -0.05) is 46.3 Å². The second-order valence-corrected chi connectivity index (χ2v) is 6.62. The predicted molar refractivity (Wildman–Crippen MR) is 97.2 cm³/mol. The number of para-hydroxylation sites is 1. The van der Waals surface area contributed by atoms with Crippen LogP contribution in [-0.2, 0) is 6.54 Å². The molecule has 0 saturated carbocycles. The number of thiazole rings is 1. The zero-order valence-corrected chi connectivity index (χ0v) is 14.5. The first-order chi connectivity index (χ1) is 11.2. The first-order valence-electron chi connectivity index (χ1n) is 7.01. The number of nitrogens with one attached hydrogen (secondary N) is 2. The number of benzene rings is 2. The lowest BCUT2D eigenvalue weighted by Gasteiger charge is -2.04. The van der Waals surface area contributed by atoms with E-state index in [1.54, 1.807) is 5.38 Å². The first kappa shape index (κ1) is 15.7. The number of carbonyl (C=O) groups is 1. The molecule has 1 aromatic heterocycles. The Bertz CT molecular complexity index is 804. The summed E-state index contributed by atoms with van der Waals surface area (Å²) in [6.07, 6.45) is 0. The van der Waals surface area contributed by atoms with Crippen molar-refractivity contribution >= 4 is 44.0 Å². The van der Waals surface area contributed by atoms with E-state index in [9.17, 15) is 4.79 Å². The van der Waals surface area contributed by atoms with Crippen molar-refractivity contribution in [1.29, 1.82) is 0 Å². The molecule has 2 aromatic carbocycles. The Hall–Kier alpha value is -2.18. The van der Waals surface area contributed by atoms with Crippen molar-refractivity contribution in [2.45, 2.75) is 6.54 Å². The molecule has 0 unspecified atom stereocenters. The number of hydrogen-bond acceptors (Lipinski definition) is 4. The number of amides is 1. The van der Waals surface area contributed by atoms with Gasteiger partial charge in [-0.3, -0.25) is 4.79 Å². The van der Waals surface area contributed by atoms with Crippen LogP contribution in [0.4, 0.5) is 10.8 Å². The van der Waals surface area contributed by atoms with Crippen LogP contribution in [0.15, 0.2) is 64.5 Å². The molecule has 0 aliphatic heterocycles. The number of aromatic nitrogens is 1. The highest BCUT2D eigenvalue weighted by Gasteiger charge is 2.10. The van der Waals surface area contributed by atoms with E-state index >= 15 is 0 Å². The van der Waals surface area contributed by atoms with Gasteiger partial charge in [0.2, 0.25) is 0 Å². The van der Waals surface area contributed by atoms with Gasteiger partial charge in [0.05, 0.1) is 0 Å². The topological polar surface area (TPSA) is 54.0 Å². The minimum absolute atomic E-state index is 0.178. The molecule has 0 bridgehead atoms. The third-order valence-corrected chi connectivity index (χ3v) is 4.35. The Morgan fingerprint density at radius 2 is 1.96 bits per heavy atom. The maximum Gasteiger partial charge on any atom is 0.271 e. The minimum atomic E-state index is -0.178. The monoisotopic (exact) mass is 387 g/mol. The standard InChI is InChI=1S/C17H14BrN3OS/c18-13-6-4-5-12(9-13)10-19-16(22)15-11-23-17(21-15)20-14-7-2-1-3-8-14/h1-9,11H,10H2,(H,19,22)(H,20,21). The fraction of sp³-hybridized carbons (Fsp3) is 0.0588. The van der Waals surface area contributed by atoms with Crippen LogP contribution in [0.1, 0.15) is 16.1 Å². The largest absolute Gasteiger partial charge is 0.347 e. The van der Waals surface area contributed by atoms with Crippen LogP contribution in [0, 0.1) is 0 Å². The van der Waals surface area contributed by atoms with Gasteiger partial charge < -0.3 is 10.6 Å². The van der Waals surface area contributed by atoms with Crippen molar-refractivity contribution in [3.05, 3.63) is 75.7 Å². The molecule has 0 atom stereocenters. The van der Waals surface area contributed by atoms with Gasteiger partial charge in [-0.25, -0.2) is 4.98 Å². The Morgan fingerprint density at radius 1 is 1.13 bits per heavy atom. The molecule has 0 aliphatic rings. The lowest BCUT2D eigenvalue weighted by Crippen LogP contribution is -2.23. The van der Waals surface area contributed by atoms with E-state index in [-0.39, 0.29) is 5.91 Å². The maximum atomic E-state index is 12.2. The summed E-state index contributed by atoms with van der Waals surface area (Å²) in [5.74, 6) is -0.178. The van der Waals surface area contributed by atoms with Gasteiger partial charge in [-0.05, 0) is 29.8 Å². The number of nitrogens with zero attached hydrogens (tertiary/aromatic N) is 1. The molecule has 0 aliphatic carbocycles. The summed E-state index contributed by atoms with van der Waals surface area (Å²) in [6.45, 7) is 0.469. The van der Waals surface area contributed by atoms with Gasteiger partial charge in [0.25, 0.3) is 5.91 Å². The molecule has 116 valence electrons. The molecule has 1 amide bonds. The van der Waals surface area contributed by atoms with Crippen LogP contribution >= 0.6 is 27.3 Å². The molecule has 2 N–H and O–H groups in total. The number of anilines is 2. The molecule has 6 heteroatoms. The minimum Gasteiger partial charge on any atom is -0.347 e. The van der Waals surface area contributed by atoms with Crippen molar-refractivity contribution in [2.75, 3.05) is 5.32 Å². The average molecular weight is 388 g/mol. The summed E-state index contributed by atoms with van der Waals surface area (Å²) in [5.41, 5.74) is 2.40. The Morgan fingerprint density at radius 3 is 2.74 bits per heavy atom. The SMILES string of the molecule is O=C(NCc1cccc(Br)c1)c1csc(Nc2ccccc2)n1. The fourth-order valence-corrected chi connectivity index (χ4v) is 3.16. The molecule has 3 rings (SSSR count). The summed E-state index contributed by atoms with van der Waals surface area (Å²) in [5, 5.41) is 8.51. The molecule has 3 aromatic rings. The van der Waals surface area contributed by atoms with Crippen molar-refractivity contribution in [3.63, 3.8) is 0 Å². The lowest BCUT2D eigenvalue weighted by molar-refractivity contribution is 0.0946. The van der Waals surface area contributed by atoms with Gasteiger partial charge in [0, 0.05) is 22.1 Å². The molecule has 0 fully saturated rings. The van der Waals surface area contributed by atoms with E-state index in [0.29, 0.717) is 17.4 Å². The van der Waals surface area contributed by atoms with Gasteiger partial charge in [0.15, 0.2) is 5.13 Å². The highest BCUT2D eigenvalue weighted by molar-refractivity contribution is 9.10. The van der Waals surface area contributed by atoms with Crippen LogP contribution in [0.5, 0.6) is 0 Å². The van der Waals surface area contributed by atoms with E-state index in [1.807, 2.05) is 54.6 Å². The van der Waals surface area contributed by atoms with Crippen LogP contribution in [-0.4, -0.2) is 10.9 Å². The maximum absolute atomic E-state index is 12.2. The molecule has 23 heavy (non-hydrogen) atoms. The first-order valence-corrected chi connectivity index (χ1v) is 8.68. The summed E-state index contributed by atoms with van der Waals surface area (Å²) in [6, 6.07) is 17.6. The zero-order chi connectivity index (χ0) is 16.1. The Balaban J connectivity index is 1.60. The number of hydrogen-bond donors (Lipinski definition) is 2. The molecule has 0 spiro atoms. The third-order valence-electron chi connectivity index (χ3n) is 3.10. The van der Waals surface area contributed by atoms with Gasteiger partial charge >= 0.3 is 0 Å². The predicted octanol–water partition coefficient (Wildman–Crippen LogP) is 4.58. The Kier molecular flexibility index (Phi) is 5.05. The molecule has 0 radical (unpaired) electrons.